The fourth-order valence-electron chi connectivity index (χ4n) is 0.500. The summed E-state index contributed by atoms with van der Waals surface area (Å²) in [4.78, 5) is 10.00. The molecule has 5 nitrogen and oxygen atoms in total. The van der Waals surface area contributed by atoms with Gasteiger partial charge in [0.05, 0.1) is 6.35 Å². The maximum Gasteiger partial charge on any atom is 0.332 e. The van der Waals surface area contributed by atoms with Gasteiger partial charge in [-0.05, 0) is 6.42 Å². The summed E-state index contributed by atoms with van der Waals surface area (Å²) in [7, 11) is -2.07. The molecule has 0 bridgehead atoms. The number of aliphatic carboxylic acids is 1. The van der Waals surface area contributed by atoms with Gasteiger partial charge in [0.1, 0.15) is 7.80 Å². The zero-order valence-electron chi connectivity index (χ0n) is 5.86. The molecule has 6 heteroatoms. The molecule has 0 aliphatic carbocycles. The highest BCUT2D eigenvalue weighted by Crippen LogP contribution is 2.19. The smallest absolute Gasteiger partial charge is 0.332 e. The van der Waals surface area contributed by atoms with E-state index in [0.717, 1.165) is 0 Å². The highest BCUT2D eigenvalue weighted by molar-refractivity contribution is 7.44. The first-order chi connectivity index (χ1) is 5.07. The number of carboxylic acid groups (broad SMARTS) is 1. The van der Waals surface area contributed by atoms with Crippen LogP contribution >= 0.6 is 7.80 Å². The van der Waals surface area contributed by atoms with Crippen LogP contribution in [0.2, 0.25) is 0 Å². The van der Waals surface area contributed by atoms with Crippen LogP contribution in [0.25, 0.3) is 0 Å². The molecule has 0 rings (SSSR count). The second-order valence-corrected chi connectivity index (χ2v) is 3.98. The minimum atomic E-state index is -2.07. The molecule has 0 aliphatic heterocycles. The minimum absolute atomic E-state index is 0.0618. The second-order valence-electron chi connectivity index (χ2n) is 2.09. The lowest BCUT2D eigenvalue weighted by Gasteiger charge is -2.02. The van der Waals surface area contributed by atoms with Crippen LogP contribution in [0.4, 0.5) is 0 Å². The van der Waals surface area contributed by atoms with Crippen molar-refractivity contribution in [2.45, 2.75) is 12.5 Å². The van der Waals surface area contributed by atoms with Gasteiger partial charge in [-0.25, -0.2) is 4.79 Å². The molecule has 0 aromatic carbocycles. The van der Waals surface area contributed by atoms with Crippen LogP contribution in [0.3, 0.4) is 0 Å². The number of carboxylic acids is 1. The van der Waals surface area contributed by atoms with Crippen LogP contribution in [-0.2, 0) is 9.36 Å². The molecule has 0 radical (unpaired) electrons. The average Bonchev–Trinajstić information content (AvgIpc) is 1.99. The predicted octanol–water partition coefficient (Wildman–Crippen LogP) is -0.669. The molecule has 2 atom stereocenters. The van der Waals surface area contributed by atoms with E-state index >= 15 is 0 Å². The van der Waals surface area contributed by atoms with Crippen LogP contribution < -0.4 is 0 Å². The molecule has 11 heavy (non-hydrogen) atoms. The van der Waals surface area contributed by atoms with E-state index in [2.05, 4.69) is 0 Å². The predicted molar refractivity (Wildman–Crippen MR) is 39.2 cm³/mol. The molecule has 0 saturated carbocycles. The van der Waals surface area contributed by atoms with E-state index < -0.39 is 26.2 Å². The number of rotatable bonds is 5. The third-order valence-corrected chi connectivity index (χ3v) is 2.36. The zero-order valence-corrected chi connectivity index (χ0v) is 6.86. The van der Waals surface area contributed by atoms with Crippen LogP contribution in [0.15, 0.2) is 0 Å². The van der Waals surface area contributed by atoms with Crippen molar-refractivity contribution in [1.82, 2.24) is 0 Å². The first kappa shape index (κ1) is 10.6. The average molecular weight is 182 g/mol. The fourth-order valence-corrected chi connectivity index (χ4v) is 1.25. The Labute approximate surface area is 64.4 Å². The van der Waals surface area contributed by atoms with Gasteiger partial charge in [0.2, 0.25) is 0 Å². The summed E-state index contributed by atoms with van der Waals surface area (Å²) in [5.74, 6) is -1.32. The molecular weight excluding hydrogens is 171 g/mol. The Morgan fingerprint density at radius 1 is 1.55 bits per heavy atom. The van der Waals surface area contributed by atoms with Crippen molar-refractivity contribution in [3.05, 3.63) is 0 Å². The maximum atomic E-state index is 10.6. The van der Waals surface area contributed by atoms with Gasteiger partial charge in [0.25, 0.3) is 0 Å². The Morgan fingerprint density at radius 2 is 2.09 bits per heavy atom. The van der Waals surface area contributed by atoms with E-state index in [1.165, 1.54) is 0 Å². The van der Waals surface area contributed by atoms with Crippen molar-refractivity contribution in [2.24, 2.45) is 0 Å². The van der Waals surface area contributed by atoms with Crippen molar-refractivity contribution in [2.75, 3.05) is 12.5 Å². The van der Waals surface area contributed by atoms with Crippen molar-refractivity contribution in [1.29, 1.82) is 0 Å². The number of aliphatic hydroxyl groups excluding tert-OH is 2. The van der Waals surface area contributed by atoms with Crippen LogP contribution in [0, 0.1) is 0 Å². The Balaban J connectivity index is 3.54. The molecule has 0 spiro atoms. The summed E-state index contributed by atoms with van der Waals surface area (Å²) < 4.78 is 10.6. The number of hydrogen-bond acceptors (Lipinski definition) is 4. The standard InChI is InChI=1S/C5H11O5P/c6-3-11(10)2-1-4(7)5(8)9/h4,6-7,11H,1-3H2,(H,8,9). The van der Waals surface area contributed by atoms with Gasteiger partial charge in [0, 0.05) is 6.16 Å². The third-order valence-electron chi connectivity index (χ3n) is 1.16. The molecule has 0 heterocycles. The summed E-state index contributed by atoms with van der Waals surface area (Å²) in [6.07, 6.45) is -1.87. The lowest BCUT2D eigenvalue weighted by molar-refractivity contribution is -0.146. The highest BCUT2D eigenvalue weighted by atomic mass is 31.1. The molecule has 0 aliphatic rings. The summed E-state index contributed by atoms with van der Waals surface area (Å²) in [5, 5.41) is 25.1. The fraction of sp³-hybridized carbons (Fsp3) is 0.800. The molecule has 0 aromatic rings. The van der Waals surface area contributed by atoms with E-state index in [1.54, 1.807) is 0 Å². The van der Waals surface area contributed by atoms with E-state index in [-0.39, 0.29) is 12.6 Å². The topological polar surface area (TPSA) is 94.8 Å². The molecule has 0 amide bonds. The lowest BCUT2D eigenvalue weighted by Crippen LogP contribution is -2.19. The molecule has 0 aromatic heterocycles. The Morgan fingerprint density at radius 3 is 2.45 bits per heavy atom. The quantitative estimate of drug-likeness (QED) is 0.490. The molecule has 0 fully saturated rings. The Hall–Kier alpha value is -0.380. The van der Waals surface area contributed by atoms with Crippen LogP contribution in [0.1, 0.15) is 6.42 Å². The normalized spacial score (nSPS) is 15.8. The molecule has 66 valence electrons. The molecule has 3 N–H and O–H groups in total. The van der Waals surface area contributed by atoms with Gasteiger partial charge in [0.15, 0.2) is 6.10 Å². The van der Waals surface area contributed by atoms with Crippen LogP contribution in [0.5, 0.6) is 0 Å². The largest absolute Gasteiger partial charge is 0.479 e. The van der Waals surface area contributed by atoms with E-state index in [0.29, 0.717) is 0 Å². The first-order valence-electron chi connectivity index (χ1n) is 3.11. The molecule has 0 saturated heterocycles. The zero-order chi connectivity index (χ0) is 8.85. The van der Waals surface area contributed by atoms with Crippen LogP contribution in [-0.4, -0.2) is 39.9 Å². The third kappa shape index (κ3) is 4.95. The second kappa shape index (κ2) is 5.29. The van der Waals surface area contributed by atoms with Gasteiger partial charge >= 0.3 is 5.97 Å². The van der Waals surface area contributed by atoms with E-state index in [4.69, 9.17) is 15.3 Å². The Kier molecular flexibility index (Phi) is 5.11. The van der Waals surface area contributed by atoms with Crippen molar-refractivity contribution < 1.29 is 24.7 Å². The van der Waals surface area contributed by atoms with Gasteiger partial charge in [-0.1, -0.05) is 0 Å². The van der Waals surface area contributed by atoms with Crippen molar-refractivity contribution in [3.8, 4) is 0 Å². The molecular formula is C5H11O5P. The minimum Gasteiger partial charge on any atom is -0.479 e. The number of aliphatic hydroxyl groups is 2. The summed E-state index contributed by atoms with van der Waals surface area (Å²) in [5.41, 5.74) is 0. The Bertz CT molecular complexity index is 157. The van der Waals surface area contributed by atoms with E-state index in [9.17, 15) is 9.36 Å². The van der Waals surface area contributed by atoms with Crippen molar-refractivity contribution >= 4 is 13.8 Å². The summed E-state index contributed by atoms with van der Waals surface area (Å²) >= 11 is 0. The summed E-state index contributed by atoms with van der Waals surface area (Å²) in [6, 6.07) is 0. The summed E-state index contributed by atoms with van der Waals surface area (Å²) in [6.45, 7) is 0. The van der Waals surface area contributed by atoms with Gasteiger partial charge in [-0.2, -0.15) is 0 Å². The highest BCUT2D eigenvalue weighted by Gasteiger charge is 2.13. The molecule has 2 unspecified atom stereocenters. The van der Waals surface area contributed by atoms with E-state index in [1.807, 2.05) is 0 Å². The SMILES string of the molecule is O=C(O)C(O)CC[PH](=O)CO. The van der Waals surface area contributed by atoms with Gasteiger partial charge < -0.3 is 19.9 Å². The number of carbonyl (C=O) groups is 1. The monoisotopic (exact) mass is 182 g/mol. The number of hydrogen-bond donors (Lipinski definition) is 3. The van der Waals surface area contributed by atoms with Gasteiger partial charge in [-0.15, -0.1) is 0 Å². The van der Waals surface area contributed by atoms with Gasteiger partial charge in [-0.3, -0.25) is 0 Å². The van der Waals surface area contributed by atoms with Crippen molar-refractivity contribution in [3.63, 3.8) is 0 Å². The first-order valence-corrected chi connectivity index (χ1v) is 4.93. The lowest BCUT2D eigenvalue weighted by atomic mass is 10.3. The maximum absolute atomic E-state index is 10.6.